The first-order valence-corrected chi connectivity index (χ1v) is 10.9. The Kier molecular flexibility index (Phi) is 5.16. The summed E-state index contributed by atoms with van der Waals surface area (Å²) >= 11 is 5.78. The molecule has 0 unspecified atom stereocenters. The lowest BCUT2D eigenvalue weighted by atomic mass is 9.85. The Morgan fingerprint density at radius 1 is 1.29 bits per heavy atom. The molecule has 0 radical (unpaired) electrons. The standard InChI is InChI=1S/C22H22ClFN6O/c1-25-17-12-14(29-9-2-10-29)4-6-18(17)30-19-7-8-26-22(31)20(19)21(28-30)27-13-3-5-15(23)16(24)11-13/h3,5,7-8,11,14,17-18H,2,4,6,9-10,12H2,(H,26,31)(H,27,28)/t14-,17+,18+/m1/s1. The number of halogens is 2. The fraction of sp³-hybridized carbons (Fsp3) is 0.409. The quantitative estimate of drug-likeness (QED) is 0.592. The molecule has 2 aliphatic rings. The Morgan fingerprint density at radius 3 is 2.84 bits per heavy atom. The minimum absolute atomic E-state index is 0.0256. The monoisotopic (exact) mass is 440 g/mol. The third-order valence-electron chi connectivity index (χ3n) is 6.45. The molecule has 7 nitrogen and oxygen atoms in total. The van der Waals surface area contributed by atoms with Crippen molar-refractivity contribution in [3.8, 4) is 0 Å². The summed E-state index contributed by atoms with van der Waals surface area (Å²) in [7, 11) is 0. The van der Waals surface area contributed by atoms with E-state index >= 15 is 0 Å². The number of pyridine rings is 1. The molecule has 0 bridgehead atoms. The molecule has 3 atom stereocenters. The molecule has 1 aliphatic heterocycles. The van der Waals surface area contributed by atoms with Crippen molar-refractivity contribution in [3.05, 3.63) is 63.1 Å². The molecule has 1 saturated heterocycles. The maximum Gasteiger partial charge on any atom is 0.261 e. The Hall–Kier alpha value is -2.89. The molecular formula is C22H22ClFN6O. The van der Waals surface area contributed by atoms with Gasteiger partial charge in [0.05, 0.1) is 10.5 Å². The van der Waals surface area contributed by atoms with Gasteiger partial charge < -0.3 is 15.1 Å². The number of H-pyrrole nitrogens is 1. The van der Waals surface area contributed by atoms with Gasteiger partial charge in [0, 0.05) is 24.3 Å². The first kappa shape index (κ1) is 20.0. The van der Waals surface area contributed by atoms with Crippen LogP contribution in [0.15, 0.2) is 35.3 Å². The number of nitrogens with zero attached hydrogens (tertiary/aromatic N) is 4. The molecule has 0 amide bonds. The van der Waals surface area contributed by atoms with E-state index in [0.29, 0.717) is 28.5 Å². The van der Waals surface area contributed by atoms with E-state index in [0.717, 1.165) is 32.4 Å². The summed E-state index contributed by atoms with van der Waals surface area (Å²) in [5, 5.41) is 8.17. The average Bonchev–Trinajstić information content (AvgIpc) is 3.09. The highest BCUT2D eigenvalue weighted by Gasteiger charge is 2.40. The van der Waals surface area contributed by atoms with Gasteiger partial charge >= 0.3 is 0 Å². The van der Waals surface area contributed by atoms with Gasteiger partial charge in [-0.05, 0) is 56.6 Å². The van der Waals surface area contributed by atoms with Gasteiger partial charge in [-0.3, -0.25) is 14.4 Å². The molecule has 9 heteroatoms. The van der Waals surface area contributed by atoms with Crippen LogP contribution in [0, 0.1) is 12.4 Å². The number of hydrogen-bond acceptors (Lipinski definition) is 4. The molecule has 3 aromatic rings. The summed E-state index contributed by atoms with van der Waals surface area (Å²) in [6, 6.07) is 6.29. The lowest BCUT2D eigenvalue weighted by Gasteiger charge is -2.42. The van der Waals surface area contributed by atoms with Gasteiger partial charge in [0.1, 0.15) is 17.2 Å². The molecule has 3 heterocycles. The summed E-state index contributed by atoms with van der Waals surface area (Å²) in [5.41, 5.74) is 0.830. The fourth-order valence-corrected chi connectivity index (χ4v) is 4.84. The Balaban J connectivity index is 1.52. The van der Waals surface area contributed by atoms with Crippen LogP contribution in [0.4, 0.5) is 15.9 Å². The molecule has 1 saturated carbocycles. The Bertz CT molecular complexity index is 1230. The van der Waals surface area contributed by atoms with E-state index in [1.54, 1.807) is 18.3 Å². The number of anilines is 2. The number of hydrogen-bond donors (Lipinski definition) is 2. The van der Waals surface area contributed by atoms with Crippen molar-refractivity contribution in [1.29, 1.82) is 0 Å². The van der Waals surface area contributed by atoms with Gasteiger partial charge in [0.25, 0.3) is 5.56 Å². The van der Waals surface area contributed by atoms with Gasteiger partial charge in [-0.1, -0.05) is 11.6 Å². The van der Waals surface area contributed by atoms with Crippen molar-refractivity contribution in [1.82, 2.24) is 19.7 Å². The topological polar surface area (TPSA) is 70.3 Å². The zero-order chi connectivity index (χ0) is 21.5. The van der Waals surface area contributed by atoms with Crippen molar-refractivity contribution in [2.45, 2.75) is 43.8 Å². The molecule has 0 spiro atoms. The molecular weight excluding hydrogens is 419 g/mol. The van der Waals surface area contributed by atoms with Gasteiger partial charge in [-0.2, -0.15) is 5.10 Å². The fourth-order valence-electron chi connectivity index (χ4n) is 4.72. The van der Waals surface area contributed by atoms with E-state index in [2.05, 4.69) is 20.0 Å². The highest BCUT2D eigenvalue weighted by atomic mass is 35.5. The van der Waals surface area contributed by atoms with Crippen LogP contribution in [0.25, 0.3) is 15.7 Å². The number of benzene rings is 1. The lowest BCUT2D eigenvalue weighted by molar-refractivity contribution is 0.0766. The van der Waals surface area contributed by atoms with E-state index in [1.807, 2.05) is 4.68 Å². The summed E-state index contributed by atoms with van der Waals surface area (Å²) in [6.45, 7) is 10.0. The summed E-state index contributed by atoms with van der Waals surface area (Å²) < 4.78 is 15.7. The van der Waals surface area contributed by atoms with Crippen molar-refractivity contribution in [2.24, 2.45) is 0 Å². The van der Waals surface area contributed by atoms with Crippen LogP contribution in [0.2, 0.25) is 5.02 Å². The predicted octanol–water partition coefficient (Wildman–Crippen LogP) is 4.35. The van der Waals surface area contributed by atoms with Crippen LogP contribution in [0.5, 0.6) is 0 Å². The smallest absolute Gasteiger partial charge is 0.261 e. The number of fused-ring (bicyclic) bond motifs is 1. The summed E-state index contributed by atoms with van der Waals surface area (Å²) in [4.78, 5) is 21.7. The van der Waals surface area contributed by atoms with Crippen LogP contribution < -0.4 is 10.9 Å². The number of rotatable bonds is 4. The van der Waals surface area contributed by atoms with Crippen molar-refractivity contribution in [3.63, 3.8) is 0 Å². The molecule has 2 aromatic heterocycles. The highest BCUT2D eigenvalue weighted by molar-refractivity contribution is 6.30. The maximum absolute atomic E-state index is 13.9. The molecule has 31 heavy (non-hydrogen) atoms. The van der Waals surface area contributed by atoms with Crippen molar-refractivity contribution in [2.75, 3.05) is 18.4 Å². The number of aromatic amines is 1. The van der Waals surface area contributed by atoms with Gasteiger partial charge in [0.15, 0.2) is 5.82 Å². The normalized spacial score (nSPS) is 24.0. The summed E-state index contributed by atoms with van der Waals surface area (Å²) in [5.74, 6) is -0.214. The third kappa shape index (κ3) is 3.58. The molecule has 160 valence electrons. The average molecular weight is 441 g/mol. The van der Waals surface area contributed by atoms with E-state index in [1.165, 1.54) is 18.6 Å². The minimum atomic E-state index is -0.554. The zero-order valence-electron chi connectivity index (χ0n) is 16.8. The molecule has 1 aromatic carbocycles. The van der Waals surface area contributed by atoms with Crippen LogP contribution in [-0.4, -0.2) is 44.8 Å². The predicted molar refractivity (Wildman–Crippen MR) is 118 cm³/mol. The van der Waals surface area contributed by atoms with Crippen LogP contribution in [0.1, 0.15) is 31.7 Å². The highest BCUT2D eigenvalue weighted by Crippen LogP contribution is 2.37. The van der Waals surface area contributed by atoms with Gasteiger partial charge in [-0.15, -0.1) is 0 Å². The van der Waals surface area contributed by atoms with E-state index < -0.39 is 5.82 Å². The van der Waals surface area contributed by atoms with Crippen LogP contribution in [-0.2, 0) is 0 Å². The molecule has 1 aliphatic carbocycles. The summed E-state index contributed by atoms with van der Waals surface area (Å²) in [6.07, 6.45) is 5.46. The Morgan fingerprint density at radius 2 is 2.13 bits per heavy atom. The van der Waals surface area contributed by atoms with Crippen LogP contribution in [0.3, 0.4) is 0 Å². The maximum atomic E-state index is 13.9. The first-order chi connectivity index (χ1) is 15.0. The van der Waals surface area contributed by atoms with Crippen LogP contribution >= 0.6 is 11.6 Å². The second-order valence-electron chi connectivity index (χ2n) is 8.23. The number of likely N-dealkylation sites (tertiary alicyclic amines) is 1. The van der Waals surface area contributed by atoms with Crippen molar-refractivity contribution >= 4 is 34.0 Å². The third-order valence-corrected chi connectivity index (χ3v) is 6.76. The van der Waals surface area contributed by atoms with E-state index in [4.69, 9.17) is 23.3 Å². The number of nitrogens with one attached hydrogen (secondary N) is 2. The SMILES string of the molecule is [C-]#[N+][C@H]1C[C@H](N2CCC2)CC[C@@H]1n1nc(Nc2ccc(Cl)c(F)c2)c2c(=O)[nH]ccc21. The second kappa shape index (κ2) is 7.98. The van der Waals surface area contributed by atoms with Gasteiger partial charge in [-0.25, -0.2) is 11.0 Å². The first-order valence-electron chi connectivity index (χ1n) is 10.5. The zero-order valence-corrected chi connectivity index (χ0v) is 17.6. The molecule has 2 fully saturated rings. The minimum Gasteiger partial charge on any atom is -0.338 e. The number of aromatic nitrogens is 3. The molecule has 5 rings (SSSR count). The Labute approximate surface area is 183 Å². The van der Waals surface area contributed by atoms with Gasteiger partial charge in [0.2, 0.25) is 6.04 Å². The van der Waals surface area contributed by atoms with Crippen molar-refractivity contribution < 1.29 is 4.39 Å². The molecule has 2 N–H and O–H groups in total. The second-order valence-corrected chi connectivity index (χ2v) is 8.64. The largest absolute Gasteiger partial charge is 0.338 e. The lowest BCUT2D eigenvalue weighted by Crippen LogP contribution is -2.49. The van der Waals surface area contributed by atoms with E-state index in [-0.39, 0.29) is 22.7 Å². The van der Waals surface area contributed by atoms with E-state index in [9.17, 15) is 9.18 Å².